The largest absolute Gasteiger partial charge is 0.504 e. The third-order valence-corrected chi connectivity index (χ3v) is 3.92. The van der Waals surface area contributed by atoms with Crippen LogP contribution in [0.3, 0.4) is 0 Å². The molecule has 1 aromatic rings. The Labute approximate surface area is 127 Å². The zero-order valence-electron chi connectivity index (χ0n) is 14.0. The van der Waals surface area contributed by atoms with Crippen LogP contribution in [-0.2, 0) is 9.31 Å². The number of aromatic hydroxyl groups is 1. The average Bonchev–Trinajstić information content (AvgIpc) is 2.49. The van der Waals surface area contributed by atoms with Crippen molar-refractivity contribution in [2.24, 2.45) is 0 Å². The Balaban J connectivity index is 2.22. The summed E-state index contributed by atoms with van der Waals surface area (Å²) in [5.74, 6) is 0.555. The molecule has 1 saturated heterocycles. The molecule has 1 aliphatic rings. The molecule has 0 saturated carbocycles. The lowest BCUT2D eigenvalue weighted by atomic mass is 9.79. The summed E-state index contributed by atoms with van der Waals surface area (Å²) in [5, 5.41) is 10.1. The standard InChI is InChI=1S/C16H25BO4/c1-14(2,3)19-13-9-8-11(10-12(13)18)17-20-15(4,5)16(6,7)21-17/h8-10,18H,1-7H3. The predicted molar refractivity (Wildman–Crippen MR) is 84.2 cm³/mol. The minimum Gasteiger partial charge on any atom is -0.504 e. The van der Waals surface area contributed by atoms with E-state index in [1.807, 2.05) is 54.5 Å². The van der Waals surface area contributed by atoms with Crippen molar-refractivity contribution in [3.63, 3.8) is 0 Å². The summed E-state index contributed by atoms with van der Waals surface area (Å²) < 4.78 is 17.6. The number of ether oxygens (including phenoxy) is 1. The highest BCUT2D eigenvalue weighted by atomic mass is 16.7. The number of phenolic OH excluding ortho intramolecular Hbond substituents is 1. The molecule has 0 atom stereocenters. The fourth-order valence-electron chi connectivity index (χ4n) is 2.08. The molecule has 5 heteroatoms. The van der Waals surface area contributed by atoms with Crippen molar-refractivity contribution in [2.45, 2.75) is 65.3 Å². The van der Waals surface area contributed by atoms with Gasteiger partial charge in [-0.1, -0.05) is 6.07 Å². The fourth-order valence-corrected chi connectivity index (χ4v) is 2.08. The third-order valence-electron chi connectivity index (χ3n) is 3.92. The number of phenols is 1. The topological polar surface area (TPSA) is 47.9 Å². The van der Waals surface area contributed by atoms with Crippen molar-refractivity contribution >= 4 is 12.6 Å². The Bertz CT molecular complexity index is 516. The van der Waals surface area contributed by atoms with Crippen molar-refractivity contribution in [2.75, 3.05) is 0 Å². The summed E-state index contributed by atoms with van der Waals surface area (Å²) in [5.41, 5.74) is -0.363. The maximum absolute atomic E-state index is 10.1. The molecule has 1 aromatic carbocycles. The first-order chi connectivity index (χ1) is 9.41. The van der Waals surface area contributed by atoms with Gasteiger partial charge in [-0.05, 0) is 66.1 Å². The van der Waals surface area contributed by atoms with Gasteiger partial charge in [0.15, 0.2) is 11.5 Å². The molecular weight excluding hydrogens is 267 g/mol. The monoisotopic (exact) mass is 292 g/mol. The maximum Gasteiger partial charge on any atom is 0.494 e. The molecule has 116 valence electrons. The van der Waals surface area contributed by atoms with E-state index in [1.165, 1.54) is 0 Å². The summed E-state index contributed by atoms with van der Waals surface area (Å²) in [6.45, 7) is 13.8. The van der Waals surface area contributed by atoms with Gasteiger partial charge in [-0.3, -0.25) is 0 Å². The summed E-state index contributed by atoms with van der Waals surface area (Å²) in [4.78, 5) is 0. The lowest BCUT2D eigenvalue weighted by Gasteiger charge is -2.32. The van der Waals surface area contributed by atoms with E-state index >= 15 is 0 Å². The van der Waals surface area contributed by atoms with Gasteiger partial charge in [-0.25, -0.2) is 0 Å². The second-order valence-corrected chi connectivity index (χ2v) is 7.53. The Morgan fingerprint density at radius 2 is 1.57 bits per heavy atom. The van der Waals surface area contributed by atoms with Crippen LogP contribution >= 0.6 is 0 Å². The Morgan fingerprint density at radius 3 is 2.00 bits per heavy atom. The van der Waals surface area contributed by atoms with E-state index in [-0.39, 0.29) is 11.4 Å². The van der Waals surface area contributed by atoms with E-state index in [4.69, 9.17) is 14.0 Å². The van der Waals surface area contributed by atoms with Gasteiger partial charge < -0.3 is 19.2 Å². The van der Waals surface area contributed by atoms with Crippen molar-refractivity contribution in [1.29, 1.82) is 0 Å². The number of benzene rings is 1. The summed E-state index contributed by atoms with van der Waals surface area (Å²) in [7, 11) is -0.482. The Morgan fingerprint density at radius 1 is 1.05 bits per heavy atom. The molecule has 0 aliphatic carbocycles. The highest BCUT2D eigenvalue weighted by Gasteiger charge is 2.51. The Hall–Kier alpha value is -1.20. The highest BCUT2D eigenvalue weighted by molar-refractivity contribution is 6.62. The highest BCUT2D eigenvalue weighted by Crippen LogP contribution is 2.37. The van der Waals surface area contributed by atoms with Gasteiger partial charge in [0, 0.05) is 0 Å². The smallest absolute Gasteiger partial charge is 0.494 e. The summed E-state index contributed by atoms with van der Waals surface area (Å²) in [6.07, 6.45) is 0. The van der Waals surface area contributed by atoms with Crippen LogP contribution < -0.4 is 10.2 Å². The van der Waals surface area contributed by atoms with Crippen LogP contribution in [0.2, 0.25) is 0 Å². The van der Waals surface area contributed by atoms with Crippen molar-refractivity contribution in [1.82, 2.24) is 0 Å². The van der Waals surface area contributed by atoms with Crippen LogP contribution in [-0.4, -0.2) is 29.0 Å². The molecule has 4 nitrogen and oxygen atoms in total. The van der Waals surface area contributed by atoms with Crippen molar-refractivity contribution in [3.05, 3.63) is 18.2 Å². The molecule has 1 N–H and O–H groups in total. The van der Waals surface area contributed by atoms with Crippen molar-refractivity contribution < 1.29 is 19.2 Å². The SMILES string of the molecule is CC(C)(C)Oc1ccc(B2OC(C)(C)C(C)(C)O2)cc1O. The van der Waals surface area contributed by atoms with Crippen LogP contribution in [0.5, 0.6) is 11.5 Å². The van der Waals surface area contributed by atoms with Gasteiger partial charge in [0.05, 0.1) is 11.2 Å². The lowest BCUT2D eigenvalue weighted by Crippen LogP contribution is -2.41. The second kappa shape index (κ2) is 4.92. The quantitative estimate of drug-likeness (QED) is 0.851. The van der Waals surface area contributed by atoms with Crippen LogP contribution in [0.4, 0.5) is 0 Å². The average molecular weight is 292 g/mol. The number of hydrogen-bond donors (Lipinski definition) is 1. The zero-order chi connectivity index (χ0) is 16.1. The van der Waals surface area contributed by atoms with Gasteiger partial charge in [-0.2, -0.15) is 0 Å². The minimum absolute atomic E-state index is 0.0946. The molecule has 0 spiro atoms. The van der Waals surface area contributed by atoms with Gasteiger partial charge in [0.1, 0.15) is 5.60 Å². The number of rotatable bonds is 2. The van der Waals surface area contributed by atoms with Crippen LogP contribution in [0, 0.1) is 0 Å². The molecule has 0 bridgehead atoms. The third kappa shape index (κ3) is 3.35. The molecule has 2 rings (SSSR count). The molecular formula is C16H25BO4. The van der Waals surface area contributed by atoms with Gasteiger partial charge in [0.25, 0.3) is 0 Å². The van der Waals surface area contributed by atoms with Gasteiger partial charge >= 0.3 is 7.12 Å². The minimum atomic E-state index is -0.482. The molecule has 0 aromatic heterocycles. The van der Waals surface area contributed by atoms with Crippen molar-refractivity contribution in [3.8, 4) is 11.5 Å². The van der Waals surface area contributed by atoms with Gasteiger partial charge in [0.2, 0.25) is 0 Å². The van der Waals surface area contributed by atoms with E-state index in [0.717, 1.165) is 5.46 Å². The van der Waals surface area contributed by atoms with Crippen LogP contribution in [0.1, 0.15) is 48.5 Å². The zero-order valence-corrected chi connectivity index (χ0v) is 14.0. The van der Waals surface area contributed by atoms with Crippen LogP contribution in [0.15, 0.2) is 18.2 Å². The molecule has 1 fully saturated rings. The molecule has 0 unspecified atom stereocenters. The number of hydrogen-bond acceptors (Lipinski definition) is 4. The maximum atomic E-state index is 10.1. The first kappa shape index (κ1) is 16.2. The second-order valence-electron chi connectivity index (χ2n) is 7.53. The molecule has 1 aliphatic heterocycles. The molecule has 0 amide bonds. The fraction of sp³-hybridized carbons (Fsp3) is 0.625. The van der Waals surface area contributed by atoms with E-state index in [9.17, 15) is 5.11 Å². The normalized spacial score (nSPS) is 20.6. The molecule has 1 heterocycles. The van der Waals surface area contributed by atoms with E-state index in [1.54, 1.807) is 12.1 Å². The first-order valence-electron chi connectivity index (χ1n) is 7.29. The molecule has 21 heavy (non-hydrogen) atoms. The van der Waals surface area contributed by atoms with Gasteiger partial charge in [-0.15, -0.1) is 0 Å². The van der Waals surface area contributed by atoms with Crippen LogP contribution in [0.25, 0.3) is 0 Å². The van der Waals surface area contributed by atoms with E-state index in [2.05, 4.69) is 0 Å². The summed E-state index contributed by atoms with van der Waals surface area (Å²) >= 11 is 0. The van der Waals surface area contributed by atoms with E-state index < -0.39 is 18.3 Å². The molecule has 0 radical (unpaired) electrons. The first-order valence-corrected chi connectivity index (χ1v) is 7.29. The van der Waals surface area contributed by atoms with E-state index in [0.29, 0.717) is 5.75 Å². The lowest BCUT2D eigenvalue weighted by molar-refractivity contribution is 0.00578. The summed E-state index contributed by atoms with van der Waals surface area (Å²) in [6, 6.07) is 5.26. The Kier molecular flexibility index (Phi) is 3.79. The predicted octanol–water partition coefficient (Wildman–Crippen LogP) is 2.87.